The monoisotopic (exact) mass is 250 g/mol. The van der Waals surface area contributed by atoms with Gasteiger partial charge in [0.25, 0.3) is 0 Å². The van der Waals surface area contributed by atoms with Gasteiger partial charge in [-0.15, -0.1) is 0 Å². The summed E-state index contributed by atoms with van der Waals surface area (Å²) in [6.07, 6.45) is -0.525. The molecule has 2 atom stereocenters. The van der Waals surface area contributed by atoms with Gasteiger partial charge >= 0.3 is 0 Å². The molecule has 1 aromatic rings. The van der Waals surface area contributed by atoms with Crippen LogP contribution in [0.3, 0.4) is 0 Å². The van der Waals surface area contributed by atoms with Gasteiger partial charge in [-0.2, -0.15) is 0 Å². The maximum absolute atomic E-state index is 12.0. The molecule has 0 fully saturated rings. The molecule has 0 heterocycles. The Labute approximate surface area is 108 Å². The molecule has 0 aliphatic carbocycles. The third kappa shape index (κ3) is 4.13. The first-order valence-corrected chi connectivity index (χ1v) is 6.27. The molecule has 0 radical (unpaired) electrons. The van der Waals surface area contributed by atoms with Crippen LogP contribution in [0.5, 0.6) is 0 Å². The first kappa shape index (κ1) is 14.7. The predicted octanol–water partition coefficient (Wildman–Crippen LogP) is 0.862. The number of carbonyl (C=O) groups excluding carboxylic acids is 1. The molecule has 0 saturated carbocycles. The smallest absolute Gasteiger partial charge is 0.228 e. The summed E-state index contributed by atoms with van der Waals surface area (Å²) < 4.78 is 0. The molecule has 0 spiro atoms. The second kappa shape index (κ2) is 7.13. The topological polar surface area (TPSA) is 75.3 Å². The number of hydrogen-bond donors (Lipinski definition) is 3. The molecule has 0 aromatic heterocycles. The summed E-state index contributed by atoms with van der Waals surface area (Å²) in [4.78, 5) is 12.0. The Morgan fingerprint density at radius 2 is 1.94 bits per heavy atom. The van der Waals surface area contributed by atoms with Gasteiger partial charge in [-0.1, -0.05) is 44.2 Å². The molecule has 4 N–H and O–H groups in total. The summed E-state index contributed by atoms with van der Waals surface area (Å²) in [7, 11) is 0. The predicted molar refractivity (Wildman–Crippen MR) is 72.1 cm³/mol. The fourth-order valence-corrected chi connectivity index (χ4v) is 1.64. The number of hydrogen-bond acceptors (Lipinski definition) is 3. The third-order valence-corrected chi connectivity index (χ3v) is 3.01. The largest absolute Gasteiger partial charge is 0.391 e. The molecular formula is C14H22N2O2. The van der Waals surface area contributed by atoms with Gasteiger partial charge in [-0.05, 0) is 11.5 Å². The lowest BCUT2D eigenvalue weighted by atomic mass is 9.98. The standard InChI is InChI=1S/C14H22N2O2/c1-10(2)13(17)9-16-14(18)12(8-15)11-6-4-3-5-7-11/h3-7,10,12-13,17H,8-9,15H2,1-2H3,(H,16,18). The summed E-state index contributed by atoms with van der Waals surface area (Å²) in [6, 6.07) is 9.44. The van der Waals surface area contributed by atoms with Crippen molar-refractivity contribution in [3.63, 3.8) is 0 Å². The van der Waals surface area contributed by atoms with E-state index in [0.717, 1.165) is 5.56 Å². The number of nitrogens with two attached hydrogens (primary N) is 1. The van der Waals surface area contributed by atoms with Gasteiger partial charge in [0.15, 0.2) is 0 Å². The van der Waals surface area contributed by atoms with E-state index >= 15 is 0 Å². The summed E-state index contributed by atoms with van der Waals surface area (Å²) in [5.41, 5.74) is 6.55. The van der Waals surface area contributed by atoms with Gasteiger partial charge in [-0.25, -0.2) is 0 Å². The molecular weight excluding hydrogens is 228 g/mol. The van der Waals surface area contributed by atoms with Crippen LogP contribution in [0.4, 0.5) is 0 Å². The average Bonchev–Trinajstić information content (AvgIpc) is 2.38. The molecule has 4 heteroatoms. The summed E-state index contributed by atoms with van der Waals surface area (Å²) in [5.74, 6) is -0.368. The zero-order valence-corrected chi connectivity index (χ0v) is 11.0. The lowest BCUT2D eigenvalue weighted by molar-refractivity contribution is -0.122. The Bertz CT molecular complexity index is 365. The van der Waals surface area contributed by atoms with Crippen LogP contribution >= 0.6 is 0 Å². The minimum atomic E-state index is -0.525. The zero-order valence-electron chi connectivity index (χ0n) is 11.0. The van der Waals surface area contributed by atoms with E-state index in [4.69, 9.17) is 5.73 Å². The van der Waals surface area contributed by atoms with Gasteiger partial charge in [-0.3, -0.25) is 4.79 Å². The van der Waals surface area contributed by atoms with Crippen molar-refractivity contribution in [1.82, 2.24) is 5.32 Å². The molecule has 0 aliphatic heterocycles. The zero-order chi connectivity index (χ0) is 13.5. The quantitative estimate of drug-likeness (QED) is 0.701. The Kier molecular flexibility index (Phi) is 5.82. The van der Waals surface area contributed by atoms with Gasteiger partial charge in [0.2, 0.25) is 5.91 Å². The van der Waals surface area contributed by atoms with Crippen molar-refractivity contribution in [3.8, 4) is 0 Å². The number of carbonyl (C=O) groups is 1. The van der Waals surface area contributed by atoms with Crippen LogP contribution in [0.1, 0.15) is 25.3 Å². The first-order valence-electron chi connectivity index (χ1n) is 6.27. The lowest BCUT2D eigenvalue weighted by Gasteiger charge is -2.19. The van der Waals surface area contributed by atoms with E-state index in [1.165, 1.54) is 0 Å². The van der Waals surface area contributed by atoms with E-state index in [1.807, 2.05) is 44.2 Å². The molecule has 0 bridgehead atoms. The molecule has 0 aliphatic rings. The van der Waals surface area contributed by atoms with Crippen molar-refractivity contribution in [2.75, 3.05) is 13.1 Å². The van der Waals surface area contributed by atoms with Crippen molar-refractivity contribution in [2.24, 2.45) is 11.7 Å². The fourth-order valence-electron chi connectivity index (χ4n) is 1.64. The highest BCUT2D eigenvalue weighted by molar-refractivity contribution is 5.83. The van der Waals surface area contributed by atoms with E-state index in [1.54, 1.807) is 0 Å². The van der Waals surface area contributed by atoms with Crippen LogP contribution in [-0.2, 0) is 4.79 Å². The van der Waals surface area contributed by atoms with Crippen LogP contribution in [0.2, 0.25) is 0 Å². The normalized spacial score (nSPS) is 14.3. The minimum absolute atomic E-state index is 0.123. The highest BCUT2D eigenvalue weighted by Gasteiger charge is 2.19. The summed E-state index contributed by atoms with van der Waals surface area (Å²) in [6.45, 7) is 4.34. The van der Waals surface area contributed by atoms with E-state index in [0.29, 0.717) is 0 Å². The van der Waals surface area contributed by atoms with E-state index in [9.17, 15) is 9.90 Å². The van der Waals surface area contributed by atoms with Gasteiger partial charge in [0.05, 0.1) is 12.0 Å². The van der Waals surface area contributed by atoms with Crippen molar-refractivity contribution in [3.05, 3.63) is 35.9 Å². The molecule has 2 unspecified atom stereocenters. The van der Waals surface area contributed by atoms with Crippen molar-refractivity contribution < 1.29 is 9.90 Å². The second-order valence-electron chi connectivity index (χ2n) is 4.76. The molecule has 1 rings (SSSR count). The number of nitrogens with one attached hydrogen (secondary N) is 1. The Morgan fingerprint density at radius 1 is 1.33 bits per heavy atom. The SMILES string of the molecule is CC(C)C(O)CNC(=O)C(CN)c1ccccc1. The molecule has 4 nitrogen and oxygen atoms in total. The first-order chi connectivity index (χ1) is 8.56. The fraction of sp³-hybridized carbons (Fsp3) is 0.500. The Hall–Kier alpha value is -1.39. The Balaban J connectivity index is 2.59. The van der Waals surface area contributed by atoms with E-state index in [-0.39, 0.29) is 30.8 Å². The van der Waals surface area contributed by atoms with E-state index < -0.39 is 6.10 Å². The van der Waals surface area contributed by atoms with Gasteiger partial charge in [0.1, 0.15) is 0 Å². The highest BCUT2D eigenvalue weighted by Crippen LogP contribution is 2.14. The number of amides is 1. The number of aliphatic hydroxyl groups is 1. The number of aliphatic hydroxyl groups excluding tert-OH is 1. The van der Waals surface area contributed by atoms with Crippen molar-refractivity contribution in [1.29, 1.82) is 0 Å². The highest BCUT2D eigenvalue weighted by atomic mass is 16.3. The van der Waals surface area contributed by atoms with Gasteiger partial charge < -0.3 is 16.2 Å². The summed E-state index contributed by atoms with van der Waals surface area (Å²) in [5, 5.41) is 12.4. The second-order valence-corrected chi connectivity index (χ2v) is 4.76. The third-order valence-electron chi connectivity index (χ3n) is 3.01. The molecule has 1 amide bonds. The van der Waals surface area contributed by atoms with Crippen LogP contribution in [0.15, 0.2) is 30.3 Å². The molecule has 0 saturated heterocycles. The average molecular weight is 250 g/mol. The minimum Gasteiger partial charge on any atom is -0.391 e. The number of rotatable bonds is 6. The van der Waals surface area contributed by atoms with Crippen LogP contribution in [0, 0.1) is 5.92 Å². The van der Waals surface area contributed by atoms with Crippen molar-refractivity contribution in [2.45, 2.75) is 25.9 Å². The maximum Gasteiger partial charge on any atom is 0.228 e. The summed E-state index contributed by atoms with van der Waals surface area (Å²) >= 11 is 0. The lowest BCUT2D eigenvalue weighted by Crippen LogP contribution is -2.39. The molecule has 18 heavy (non-hydrogen) atoms. The Morgan fingerprint density at radius 3 is 2.44 bits per heavy atom. The van der Waals surface area contributed by atoms with Crippen LogP contribution < -0.4 is 11.1 Å². The molecule has 100 valence electrons. The molecule has 1 aromatic carbocycles. The van der Waals surface area contributed by atoms with Crippen LogP contribution in [0.25, 0.3) is 0 Å². The number of benzene rings is 1. The van der Waals surface area contributed by atoms with Gasteiger partial charge in [0, 0.05) is 13.1 Å². The van der Waals surface area contributed by atoms with E-state index in [2.05, 4.69) is 5.32 Å². The van der Waals surface area contributed by atoms with Crippen molar-refractivity contribution >= 4 is 5.91 Å². The maximum atomic E-state index is 12.0. The van der Waals surface area contributed by atoms with Crippen LogP contribution in [-0.4, -0.2) is 30.2 Å².